The summed E-state index contributed by atoms with van der Waals surface area (Å²) in [6, 6.07) is 15.9. The van der Waals surface area contributed by atoms with Crippen molar-refractivity contribution in [3.8, 4) is 11.5 Å². The highest BCUT2D eigenvalue weighted by atomic mass is 32.2. The summed E-state index contributed by atoms with van der Waals surface area (Å²) in [6.45, 7) is 1.73. The smallest absolute Gasteiger partial charge is 0.230 e. The first kappa shape index (κ1) is 17.7. The van der Waals surface area contributed by atoms with E-state index in [0.29, 0.717) is 25.5 Å². The van der Waals surface area contributed by atoms with Crippen molar-refractivity contribution in [3.05, 3.63) is 60.3 Å². The van der Waals surface area contributed by atoms with Gasteiger partial charge in [0.2, 0.25) is 5.91 Å². The van der Waals surface area contributed by atoms with E-state index in [2.05, 4.69) is 16.4 Å². The summed E-state index contributed by atoms with van der Waals surface area (Å²) in [5.74, 6) is 1.89. The minimum absolute atomic E-state index is 0.0167. The summed E-state index contributed by atoms with van der Waals surface area (Å²) in [6.07, 6.45) is 2.56. The summed E-state index contributed by atoms with van der Waals surface area (Å²) in [5, 5.41) is 4.11. The first-order valence-corrected chi connectivity index (χ1v) is 9.90. The maximum absolute atomic E-state index is 12.2. The van der Waals surface area contributed by atoms with Gasteiger partial charge in [-0.2, -0.15) is 0 Å². The third-order valence-electron chi connectivity index (χ3n) is 4.32. The molecular weight excluding hydrogens is 360 g/mol. The maximum atomic E-state index is 12.2. The van der Waals surface area contributed by atoms with Crippen molar-refractivity contribution >= 4 is 28.6 Å². The number of hydrogen-bond acceptors (Lipinski definition) is 5. The lowest BCUT2D eigenvalue weighted by molar-refractivity contribution is -0.118. The molecule has 0 aliphatic carbocycles. The lowest BCUT2D eigenvalue weighted by atomic mass is 10.1. The quantitative estimate of drug-likeness (QED) is 0.664. The van der Waals surface area contributed by atoms with Crippen LogP contribution in [-0.4, -0.2) is 36.4 Å². The number of hydrogen-bond donors (Lipinski definition) is 1. The highest BCUT2D eigenvalue weighted by molar-refractivity contribution is 8.00. The molecule has 1 N–H and O–H groups in total. The molecule has 1 amide bonds. The van der Waals surface area contributed by atoms with Crippen LogP contribution in [0.3, 0.4) is 0 Å². The van der Waals surface area contributed by atoms with Crippen LogP contribution in [0.25, 0.3) is 10.9 Å². The van der Waals surface area contributed by atoms with Crippen molar-refractivity contribution in [2.45, 2.75) is 11.3 Å². The second-order valence-corrected chi connectivity index (χ2v) is 7.24. The van der Waals surface area contributed by atoms with E-state index in [-0.39, 0.29) is 5.91 Å². The summed E-state index contributed by atoms with van der Waals surface area (Å²) >= 11 is 1.49. The van der Waals surface area contributed by atoms with Crippen LogP contribution in [0.2, 0.25) is 0 Å². The van der Waals surface area contributed by atoms with Crippen LogP contribution in [-0.2, 0) is 11.2 Å². The Hall–Kier alpha value is -2.73. The molecule has 3 aromatic rings. The van der Waals surface area contributed by atoms with Crippen molar-refractivity contribution in [1.82, 2.24) is 10.3 Å². The van der Waals surface area contributed by atoms with Crippen molar-refractivity contribution in [2.75, 3.05) is 25.5 Å². The number of rotatable bonds is 6. The molecule has 1 aliphatic rings. The molecule has 27 heavy (non-hydrogen) atoms. The number of benzene rings is 2. The van der Waals surface area contributed by atoms with E-state index in [4.69, 9.17) is 9.47 Å². The molecule has 2 heterocycles. The maximum Gasteiger partial charge on any atom is 0.230 e. The Morgan fingerprint density at radius 3 is 2.85 bits per heavy atom. The third kappa shape index (κ3) is 4.34. The van der Waals surface area contributed by atoms with Gasteiger partial charge in [-0.05, 0) is 36.2 Å². The number of thioether (sulfide) groups is 1. The predicted molar refractivity (Wildman–Crippen MR) is 107 cm³/mol. The molecule has 0 fully saturated rings. The highest BCUT2D eigenvalue weighted by Gasteiger charge is 2.12. The summed E-state index contributed by atoms with van der Waals surface area (Å²) < 4.78 is 11.1. The molecule has 6 heteroatoms. The van der Waals surface area contributed by atoms with Crippen LogP contribution in [0.4, 0.5) is 0 Å². The van der Waals surface area contributed by atoms with Crippen molar-refractivity contribution < 1.29 is 14.3 Å². The lowest BCUT2D eigenvalue weighted by Crippen LogP contribution is -2.27. The molecular formula is C21H20N2O3S. The van der Waals surface area contributed by atoms with E-state index in [1.807, 2.05) is 42.5 Å². The van der Waals surface area contributed by atoms with E-state index in [1.54, 1.807) is 6.20 Å². The van der Waals surface area contributed by atoms with Gasteiger partial charge in [-0.3, -0.25) is 9.78 Å². The molecule has 1 aliphatic heterocycles. The van der Waals surface area contributed by atoms with Gasteiger partial charge in [-0.15, -0.1) is 11.8 Å². The zero-order chi connectivity index (χ0) is 18.5. The Morgan fingerprint density at radius 1 is 1.07 bits per heavy atom. The van der Waals surface area contributed by atoms with Crippen LogP contribution in [0.5, 0.6) is 11.5 Å². The molecule has 5 nitrogen and oxygen atoms in total. The Labute approximate surface area is 162 Å². The number of para-hydroxylation sites is 1. The zero-order valence-corrected chi connectivity index (χ0v) is 15.6. The number of nitrogens with zero attached hydrogens (tertiary/aromatic N) is 1. The van der Waals surface area contributed by atoms with Crippen LogP contribution >= 0.6 is 11.8 Å². The van der Waals surface area contributed by atoms with Gasteiger partial charge in [0.05, 0.1) is 11.3 Å². The van der Waals surface area contributed by atoms with E-state index in [0.717, 1.165) is 39.3 Å². The average molecular weight is 380 g/mol. The number of amides is 1. The molecule has 0 saturated carbocycles. The van der Waals surface area contributed by atoms with Gasteiger partial charge in [0.1, 0.15) is 13.2 Å². The summed E-state index contributed by atoms with van der Waals surface area (Å²) in [5.41, 5.74) is 2.15. The van der Waals surface area contributed by atoms with Gasteiger partial charge in [0, 0.05) is 23.0 Å². The number of ether oxygens (including phenoxy) is 2. The van der Waals surface area contributed by atoms with Crippen molar-refractivity contribution in [1.29, 1.82) is 0 Å². The molecule has 2 aromatic carbocycles. The summed E-state index contributed by atoms with van der Waals surface area (Å²) in [4.78, 5) is 17.6. The van der Waals surface area contributed by atoms with Gasteiger partial charge in [-0.1, -0.05) is 24.3 Å². The van der Waals surface area contributed by atoms with Gasteiger partial charge in [0.25, 0.3) is 0 Å². The first-order valence-electron chi connectivity index (χ1n) is 8.91. The Morgan fingerprint density at radius 2 is 1.93 bits per heavy atom. The normalized spacial score (nSPS) is 12.7. The molecule has 138 valence electrons. The second-order valence-electron chi connectivity index (χ2n) is 6.19. The van der Waals surface area contributed by atoms with E-state index < -0.39 is 0 Å². The van der Waals surface area contributed by atoms with Gasteiger partial charge >= 0.3 is 0 Å². The second kappa shape index (κ2) is 8.31. The molecule has 0 saturated heterocycles. The first-order chi connectivity index (χ1) is 13.3. The summed E-state index contributed by atoms with van der Waals surface area (Å²) in [7, 11) is 0. The Bertz CT molecular complexity index is 956. The topological polar surface area (TPSA) is 60.5 Å². The Kier molecular flexibility index (Phi) is 5.44. The lowest BCUT2D eigenvalue weighted by Gasteiger charge is -2.18. The van der Waals surface area contributed by atoms with Crippen LogP contribution < -0.4 is 14.8 Å². The van der Waals surface area contributed by atoms with E-state index >= 15 is 0 Å². The van der Waals surface area contributed by atoms with Crippen molar-refractivity contribution in [3.63, 3.8) is 0 Å². The average Bonchev–Trinajstić information content (AvgIpc) is 2.72. The standard InChI is InChI=1S/C21H20N2O3S/c24-20(14-27-17-6-7-18-19(13-17)26-12-11-25-18)22-10-8-16-4-1-3-15-5-2-9-23-21(15)16/h1-7,9,13H,8,10-12,14H2,(H,22,24). The molecule has 0 spiro atoms. The molecule has 0 atom stereocenters. The van der Waals surface area contributed by atoms with E-state index in [9.17, 15) is 4.79 Å². The number of nitrogens with one attached hydrogen (secondary N) is 1. The monoisotopic (exact) mass is 380 g/mol. The van der Waals surface area contributed by atoms with Gasteiger partial charge < -0.3 is 14.8 Å². The van der Waals surface area contributed by atoms with Gasteiger partial charge in [-0.25, -0.2) is 0 Å². The van der Waals surface area contributed by atoms with Crippen molar-refractivity contribution in [2.24, 2.45) is 0 Å². The number of carbonyl (C=O) groups is 1. The van der Waals surface area contributed by atoms with Crippen LogP contribution in [0.15, 0.2) is 59.6 Å². The minimum Gasteiger partial charge on any atom is -0.486 e. The fourth-order valence-electron chi connectivity index (χ4n) is 3.02. The van der Waals surface area contributed by atoms with Crippen LogP contribution in [0, 0.1) is 0 Å². The largest absolute Gasteiger partial charge is 0.486 e. The molecule has 0 unspecified atom stereocenters. The zero-order valence-electron chi connectivity index (χ0n) is 14.8. The van der Waals surface area contributed by atoms with Crippen LogP contribution in [0.1, 0.15) is 5.56 Å². The minimum atomic E-state index is 0.0167. The molecule has 0 bridgehead atoms. The predicted octanol–water partition coefficient (Wildman–Crippen LogP) is 3.46. The SMILES string of the molecule is O=C(CSc1ccc2c(c1)OCCO2)NCCc1cccc2cccnc12. The molecule has 0 radical (unpaired) electrons. The fourth-order valence-corrected chi connectivity index (χ4v) is 3.77. The number of aromatic nitrogens is 1. The fraction of sp³-hybridized carbons (Fsp3) is 0.238. The van der Waals surface area contributed by atoms with E-state index in [1.165, 1.54) is 11.8 Å². The molecule has 1 aromatic heterocycles. The Balaban J connectivity index is 1.27. The molecule has 4 rings (SSSR count). The highest BCUT2D eigenvalue weighted by Crippen LogP contribution is 2.34. The number of pyridine rings is 1. The third-order valence-corrected chi connectivity index (χ3v) is 5.31. The van der Waals surface area contributed by atoms with Gasteiger partial charge in [0.15, 0.2) is 11.5 Å². The number of fused-ring (bicyclic) bond motifs is 2. The number of carbonyl (C=O) groups excluding carboxylic acids is 1.